The maximum Gasteiger partial charge on any atom is 0.0390 e. The van der Waals surface area contributed by atoms with Gasteiger partial charge in [0, 0.05) is 11.4 Å². The fraction of sp³-hybridized carbons (Fsp3) is 0. The summed E-state index contributed by atoms with van der Waals surface area (Å²) in [5.41, 5.74) is 2.23. The molecule has 0 radical (unpaired) electrons. The Hall–Kier alpha value is -4.10. The molecule has 0 aliphatic carbocycles. The van der Waals surface area contributed by atoms with Crippen LogP contribution in [0.2, 0.25) is 0 Å². The smallest absolute Gasteiger partial charge is 0.0390 e. The Balaban J connectivity index is 0.000000134. The SMILES string of the molecule is c1ccc(Nc2ccc3ccccc3c2)cc1.c1ccc2cc3ccccc3cc2c1. The Morgan fingerprint density at radius 2 is 0.710 bits per heavy atom. The summed E-state index contributed by atoms with van der Waals surface area (Å²) in [7, 11) is 0. The molecule has 0 fully saturated rings. The molecule has 1 N–H and O–H groups in total. The van der Waals surface area contributed by atoms with Gasteiger partial charge in [-0.1, -0.05) is 97.1 Å². The lowest BCUT2D eigenvalue weighted by Crippen LogP contribution is -1.89. The fourth-order valence-corrected chi connectivity index (χ4v) is 3.84. The topological polar surface area (TPSA) is 12.0 Å². The zero-order valence-electron chi connectivity index (χ0n) is 17.2. The minimum absolute atomic E-state index is 1.11. The molecule has 0 atom stereocenters. The third kappa shape index (κ3) is 4.41. The normalized spacial score (nSPS) is 10.6. The third-order valence-electron chi connectivity index (χ3n) is 5.43. The molecule has 0 unspecified atom stereocenters. The summed E-state index contributed by atoms with van der Waals surface area (Å²) >= 11 is 0. The highest BCUT2D eigenvalue weighted by atomic mass is 14.9. The van der Waals surface area contributed by atoms with E-state index in [0.29, 0.717) is 0 Å². The van der Waals surface area contributed by atoms with E-state index in [9.17, 15) is 0 Å². The quantitative estimate of drug-likeness (QED) is 0.288. The zero-order chi connectivity index (χ0) is 20.9. The molecule has 0 saturated heterocycles. The standard InChI is InChI=1S/C16H13N.C14H10/c1-2-8-15(9-3-1)17-16-11-10-13-6-4-5-7-14(13)12-16;1-2-6-12-10-14-8-4-3-7-13(14)9-11(12)5-1/h1-12,17H;1-10H. The van der Waals surface area contributed by atoms with Gasteiger partial charge in [0.2, 0.25) is 0 Å². The van der Waals surface area contributed by atoms with Gasteiger partial charge >= 0.3 is 0 Å². The van der Waals surface area contributed by atoms with Gasteiger partial charge in [0.15, 0.2) is 0 Å². The van der Waals surface area contributed by atoms with Crippen LogP contribution in [0.15, 0.2) is 133 Å². The van der Waals surface area contributed by atoms with Gasteiger partial charge in [-0.3, -0.25) is 0 Å². The molecule has 0 spiro atoms. The number of anilines is 2. The molecule has 1 heteroatoms. The molecule has 6 aromatic rings. The number of fused-ring (bicyclic) bond motifs is 3. The lowest BCUT2D eigenvalue weighted by molar-refractivity contribution is 1.57. The van der Waals surface area contributed by atoms with Gasteiger partial charge in [-0.25, -0.2) is 0 Å². The molecule has 0 aliphatic rings. The lowest BCUT2D eigenvalue weighted by Gasteiger charge is -2.07. The Labute approximate surface area is 182 Å². The monoisotopic (exact) mass is 397 g/mol. The first-order valence-corrected chi connectivity index (χ1v) is 10.5. The van der Waals surface area contributed by atoms with Crippen molar-refractivity contribution in [1.29, 1.82) is 0 Å². The molecule has 0 bridgehead atoms. The third-order valence-corrected chi connectivity index (χ3v) is 5.43. The maximum atomic E-state index is 3.40. The van der Waals surface area contributed by atoms with Crippen molar-refractivity contribution >= 4 is 43.7 Å². The molecule has 0 amide bonds. The summed E-state index contributed by atoms with van der Waals surface area (Å²) < 4.78 is 0. The molecule has 6 rings (SSSR count). The van der Waals surface area contributed by atoms with Crippen molar-refractivity contribution < 1.29 is 0 Å². The van der Waals surface area contributed by atoms with Crippen LogP contribution in [0.4, 0.5) is 11.4 Å². The highest BCUT2D eigenvalue weighted by Crippen LogP contribution is 2.23. The van der Waals surface area contributed by atoms with E-state index in [4.69, 9.17) is 0 Å². The second kappa shape index (κ2) is 8.73. The fourth-order valence-electron chi connectivity index (χ4n) is 3.84. The number of para-hydroxylation sites is 1. The summed E-state index contributed by atoms with van der Waals surface area (Å²) in [4.78, 5) is 0. The van der Waals surface area contributed by atoms with Gasteiger partial charge in [0.1, 0.15) is 0 Å². The first-order valence-electron chi connectivity index (χ1n) is 10.5. The van der Waals surface area contributed by atoms with Crippen molar-refractivity contribution in [1.82, 2.24) is 0 Å². The summed E-state index contributed by atoms with van der Waals surface area (Å²) in [6, 6.07) is 46.4. The number of hydrogen-bond donors (Lipinski definition) is 1. The van der Waals surface area contributed by atoms with Crippen LogP contribution in [0, 0.1) is 0 Å². The van der Waals surface area contributed by atoms with Crippen LogP contribution in [0.3, 0.4) is 0 Å². The maximum absolute atomic E-state index is 3.40. The van der Waals surface area contributed by atoms with Gasteiger partial charge in [0.05, 0.1) is 0 Å². The first kappa shape index (κ1) is 18.9. The zero-order valence-corrected chi connectivity index (χ0v) is 17.2. The molecule has 0 aliphatic heterocycles. The summed E-state index contributed by atoms with van der Waals surface area (Å²) in [5.74, 6) is 0. The second-order valence-electron chi connectivity index (χ2n) is 7.60. The van der Waals surface area contributed by atoms with E-state index in [1.54, 1.807) is 0 Å². The van der Waals surface area contributed by atoms with Crippen molar-refractivity contribution in [2.45, 2.75) is 0 Å². The van der Waals surface area contributed by atoms with E-state index in [-0.39, 0.29) is 0 Å². The minimum Gasteiger partial charge on any atom is -0.356 e. The van der Waals surface area contributed by atoms with Crippen LogP contribution in [0.25, 0.3) is 32.3 Å². The van der Waals surface area contributed by atoms with Crippen LogP contribution in [-0.2, 0) is 0 Å². The van der Waals surface area contributed by atoms with E-state index in [2.05, 4.69) is 121 Å². The number of benzene rings is 6. The number of nitrogens with one attached hydrogen (secondary N) is 1. The van der Waals surface area contributed by atoms with Gasteiger partial charge in [-0.15, -0.1) is 0 Å². The summed E-state index contributed by atoms with van der Waals surface area (Å²) in [5, 5.41) is 11.2. The van der Waals surface area contributed by atoms with Gasteiger partial charge in [-0.05, 0) is 68.7 Å². The highest BCUT2D eigenvalue weighted by molar-refractivity contribution is 5.98. The Kier molecular flexibility index (Phi) is 5.32. The lowest BCUT2D eigenvalue weighted by atomic mass is 10.0. The average molecular weight is 398 g/mol. The van der Waals surface area contributed by atoms with Crippen molar-refractivity contribution in [3.8, 4) is 0 Å². The van der Waals surface area contributed by atoms with E-state index in [0.717, 1.165) is 11.4 Å². The molecule has 31 heavy (non-hydrogen) atoms. The Bertz CT molecular complexity index is 1350. The van der Waals surface area contributed by atoms with Crippen LogP contribution < -0.4 is 5.32 Å². The van der Waals surface area contributed by atoms with Gasteiger partial charge in [-0.2, -0.15) is 0 Å². The predicted octanol–water partition coefficient (Wildman–Crippen LogP) is 8.58. The molecule has 0 heterocycles. The second-order valence-corrected chi connectivity index (χ2v) is 7.60. The van der Waals surface area contributed by atoms with Crippen molar-refractivity contribution in [3.63, 3.8) is 0 Å². The molecule has 6 aromatic carbocycles. The Morgan fingerprint density at radius 3 is 1.23 bits per heavy atom. The Morgan fingerprint density at radius 1 is 0.290 bits per heavy atom. The summed E-state index contributed by atoms with van der Waals surface area (Å²) in [6.07, 6.45) is 0. The first-order chi connectivity index (χ1) is 15.3. The van der Waals surface area contributed by atoms with E-state index < -0.39 is 0 Å². The average Bonchev–Trinajstić information content (AvgIpc) is 2.84. The molecule has 0 aromatic heterocycles. The molecule has 148 valence electrons. The van der Waals surface area contributed by atoms with E-state index in [1.165, 1.54) is 32.3 Å². The van der Waals surface area contributed by atoms with Gasteiger partial charge in [0.25, 0.3) is 0 Å². The van der Waals surface area contributed by atoms with E-state index >= 15 is 0 Å². The molecule has 1 nitrogen and oxygen atoms in total. The van der Waals surface area contributed by atoms with Crippen LogP contribution in [0.5, 0.6) is 0 Å². The molecule has 0 saturated carbocycles. The summed E-state index contributed by atoms with van der Waals surface area (Å²) in [6.45, 7) is 0. The van der Waals surface area contributed by atoms with Crippen LogP contribution in [0.1, 0.15) is 0 Å². The van der Waals surface area contributed by atoms with Crippen LogP contribution >= 0.6 is 0 Å². The minimum atomic E-state index is 1.11. The van der Waals surface area contributed by atoms with Crippen LogP contribution in [-0.4, -0.2) is 0 Å². The van der Waals surface area contributed by atoms with Gasteiger partial charge < -0.3 is 5.32 Å². The van der Waals surface area contributed by atoms with Crippen molar-refractivity contribution in [3.05, 3.63) is 133 Å². The highest BCUT2D eigenvalue weighted by Gasteiger charge is 1.97. The predicted molar refractivity (Wildman–Crippen MR) is 135 cm³/mol. The molecular formula is C30H23N. The number of hydrogen-bond acceptors (Lipinski definition) is 1. The van der Waals surface area contributed by atoms with Crippen molar-refractivity contribution in [2.24, 2.45) is 0 Å². The van der Waals surface area contributed by atoms with Crippen molar-refractivity contribution in [2.75, 3.05) is 5.32 Å². The largest absolute Gasteiger partial charge is 0.356 e. The number of rotatable bonds is 2. The molecular weight excluding hydrogens is 374 g/mol. The van der Waals surface area contributed by atoms with E-state index in [1.807, 2.05) is 18.2 Å².